The van der Waals surface area contributed by atoms with Crippen molar-refractivity contribution < 1.29 is 14.7 Å². The summed E-state index contributed by atoms with van der Waals surface area (Å²) in [7, 11) is 0. The summed E-state index contributed by atoms with van der Waals surface area (Å²) in [6, 6.07) is 4.91. The van der Waals surface area contributed by atoms with Crippen LogP contribution in [0.25, 0.3) is 0 Å². The van der Waals surface area contributed by atoms with E-state index in [0.717, 1.165) is 5.56 Å². The zero-order chi connectivity index (χ0) is 14.3. The van der Waals surface area contributed by atoms with Crippen molar-refractivity contribution in [3.63, 3.8) is 0 Å². The van der Waals surface area contributed by atoms with Crippen LogP contribution in [0, 0.1) is 0 Å². The SMILES string of the molecule is O=C(O)CCNC(=O)NCCc1cccc(Cl)c1Cl. The molecule has 0 aliphatic rings. The maximum atomic E-state index is 11.3. The molecular formula is C12H14Cl2N2O3. The molecule has 7 heteroatoms. The molecular weight excluding hydrogens is 291 g/mol. The summed E-state index contributed by atoms with van der Waals surface area (Å²) in [5, 5.41) is 14.4. The van der Waals surface area contributed by atoms with Crippen molar-refractivity contribution in [1.29, 1.82) is 0 Å². The van der Waals surface area contributed by atoms with Gasteiger partial charge in [0.1, 0.15) is 0 Å². The average Bonchev–Trinajstić information content (AvgIpc) is 2.34. The van der Waals surface area contributed by atoms with Crippen LogP contribution in [0.2, 0.25) is 10.0 Å². The Morgan fingerprint density at radius 1 is 1.16 bits per heavy atom. The van der Waals surface area contributed by atoms with Crippen LogP contribution in [0.4, 0.5) is 4.79 Å². The number of carboxylic acids is 1. The highest BCUT2D eigenvalue weighted by Crippen LogP contribution is 2.25. The minimum absolute atomic E-state index is 0.0963. The first-order valence-electron chi connectivity index (χ1n) is 5.67. The lowest BCUT2D eigenvalue weighted by Crippen LogP contribution is -2.37. The third-order valence-electron chi connectivity index (χ3n) is 2.34. The van der Waals surface area contributed by atoms with Crippen molar-refractivity contribution in [3.05, 3.63) is 33.8 Å². The van der Waals surface area contributed by atoms with Crippen LogP contribution < -0.4 is 10.6 Å². The number of benzene rings is 1. The molecule has 0 aromatic heterocycles. The van der Waals surface area contributed by atoms with E-state index in [0.29, 0.717) is 23.0 Å². The third kappa shape index (κ3) is 5.81. The molecule has 0 bridgehead atoms. The van der Waals surface area contributed by atoms with Gasteiger partial charge in [-0.1, -0.05) is 35.3 Å². The van der Waals surface area contributed by atoms with E-state index in [-0.39, 0.29) is 13.0 Å². The van der Waals surface area contributed by atoms with Crippen molar-refractivity contribution in [2.45, 2.75) is 12.8 Å². The highest BCUT2D eigenvalue weighted by molar-refractivity contribution is 6.42. The first kappa shape index (κ1) is 15.6. The Bertz CT molecular complexity index is 466. The second-order valence-corrected chi connectivity index (χ2v) is 4.57. The number of carboxylic acid groups (broad SMARTS) is 1. The number of carbonyl (C=O) groups excluding carboxylic acids is 1. The normalized spacial score (nSPS) is 10.0. The van der Waals surface area contributed by atoms with Crippen LogP contribution in [-0.2, 0) is 11.2 Å². The van der Waals surface area contributed by atoms with E-state index in [1.807, 2.05) is 6.07 Å². The van der Waals surface area contributed by atoms with E-state index in [1.54, 1.807) is 12.1 Å². The number of halogens is 2. The topological polar surface area (TPSA) is 78.4 Å². The van der Waals surface area contributed by atoms with Crippen molar-refractivity contribution >= 4 is 35.2 Å². The molecule has 2 amide bonds. The Morgan fingerprint density at radius 2 is 1.84 bits per heavy atom. The highest BCUT2D eigenvalue weighted by Gasteiger charge is 2.05. The van der Waals surface area contributed by atoms with E-state index in [2.05, 4.69) is 10.6 Å². The standard InChI is InChI=1S/C12H14Cl2N2O3/c13-9-3-1-2-8(11(9)14)4-6-15-12(19)16-7-5-10(17)18/h1-3H,4-7H2,(H,17,18)(H2,15,16,19). The predicted octanol–water partition coefficient (Wildman–Crippen LogP) is 2.31. The van der Waals surface area contributed by atoms with Gasteiger partial charge in [-0.25, -0.2) is 4.79 Å². The van der Waals surface area contributed by atoms with Gasteiger partial charge >= 0.3 is 12.0 Å². The van der Waals surface area contributed by atoms with Crippen molar-refractivity contribution in [3.8, 4) is 0 Å². The smallest absolute Gasteiger partial charge is 0.314 e. The average molecular weight is 305 g/mol. The fourth-order valence-corrected chi connectivity index (χ4v) is 1.81. The number of amides is 2. The van der Waals surface area contributed by atoms with E-state index < -0.39 is 12.0 Å². The zero-order valence-corrected chi connectivity index (χ0v) is 11.6. The van der Waals surface area contributed by atoms with Gasteiger partial charge in [-0.15, -0.1) is 0 Å². The molecule has 0 unspecified atom stereocenters. The van der Waals surface area contributed by atoms with Gasteiger partial charge in [0.2, 0.25) is 0 Å². The van der Waals surface area contributed by atoms with Crippen molar-refractivity contribution in [1.82, 2.24) is 10.6 Å². The minimum atomic E-state index is -0.953. The van der Waals surface area contributed by atoms with Crippen molar-refractivity contribution in [2.24, 2.45) is 0 Å². The molecule has 0 radical (unpaired) electrons. The Hall–Kier alpha value is -1.46. The molecule has 0 fully saturated rings. The molecule has 0 saturated carbocycles. The fraction of sp³-hybridized carbons (Fsp3) is 0.333. The molecule has 0 aliphatic heterocycles. The summed E-state index contributed by atoms with van der Waals surface area (Å²) >= 11 is 11.9. The zero-order valence-electron chi connectivity index (χ0n) is 10.1. The second kappa shape index (κ2) is 7.86. The maximum Gasteiger partial charge on any atom is 0.314 e. The van der Waals surface area contributed by atoms with Crippen molar-refractivity contribution in [2.75, 3.05) is 13.1 Å². The first-order valence-corrected chi connectivity index (χ1v) is 6.42. The van der Waals surface area contributed by atoms with E-state index in [9.17, 15) is 9.59 Å². The third-order valence-corrected chi connectivity index (χ3v) is 3.19. The van der Waals surface area contributed by atoms with E-state index in [1.165, 1.54) is 0 Å². The molecule has 0 heterocycles. The lowest BCUT2D eigenvalue weighted by Gasteiger charge is -2.08. The van der Waals surface area contributed by atoms with Gasteiger partial charge in [-0.3, -0.25) is 4.79 Å². The second-order valence-electron chi connectivity index (χ2n) is 3.79. The summed E-state index contributed by atoms with van der Waals surface area (Å²) in [6.45, 7) is 0.484. The largest absolute Gasteiger partial charge is 0.481 e. The lowest BCUT2D eigenvalue weighted by atomic mass is 10.1. The number of urea groups is 1. The maximum absolute atomic E-state index is 11.3. The van der Waals surface area contributed by atoms with Crippen LogP contribution in [0.1, 0.15) is 12.0 Å². The summed E-state index contributed by atoms with van der Waals surface area (Å²) < 4.78 is 0. The monoisotopic (exact) mass is 304 g/mol. The van der Waals surface area contributed by atoms with Gasteiger partial charge in [0, 0.05) is 13.1 Å². The molecule has 0 atom stereocenters. The summed E-state index contributed by atoms with van der Waals surface area (Å²) in [4.78, 5) is 21.5. The van der Waals surface area contributed by atoms with Gasteiger partial charge in [0.05, 0.1) is 16.5 Å². The van der Waals surface area contributed by atoms with Gasteiger partial charge in [-0.2, -0.15) is 0 Å². The van der Waals surface area contributed by atoms with Crippen LogP contribution in [0.3, 0.4) is 0 Å². The number of nitrogens with one attached hydrogen (secondary N) is 2. The number of hydrogen-bond donors (Lipinski definition) is 3. The number of carbonyl (C=O) groups is 2. The Morgan fingerprint density at radius 3 is 2.53 bits per heavy atom. The van der Waals surface area contributed by atoms with Gasteiger partial charge in [-0.05, 0) is 18.1 Å². The number of aliphatic carboxylic acids is 1. The summed E-state index contributed by atoms with van der Waals surface area (Å²) in [5.41, 5.74) is 0.847. The molecule has 19 heavy (non-hydrogen) atoms. The predicted molar refractivity (Wildman–Crippen MR) is 73.8 cm³/mol. The molecule has 3 N–H and O–H groups in total. The molecule has 0 aliphatic carbocycles. The van der Waals surface area contributed by atoms with Crippen LogP contribution in [0.15, 0.2) is 18.2 Å². The van der Waals surface area contributed by atoms with Crippen LogP contribution >= 0.6 is 23.2 Å². The molecule has 1 aromatic carbocycles. The number of hydrogen-bond acceptors (Lipinski definition) is 2. The Balaban J connectivity index is 2.28. The molecule has 5 nitrogen and oxygen atoms in total. The molecule has 104 valence electrons. The lowest BCUT2D eigenvalue weighted by molar-refractivity contribution is -0.136. The Labute approximate surface area is 120 Å². The van der Waals surface area contributed by atoms with Crippen LogP contribution in [-0.4, -0.2) is 30.2 Å². The van der Waals surface area contributed by atoms with Gasteiger partial charge in [0.25, 0.3) is 0 Å². The minimum Gasteiger partial charge on any atom is -0.481 e. The van der Waals surface area contributed by atoms with E-state index in [4.69, 9.17) is 28.3 Å². The first-order chi connectivity index (χ1) is 9.00. The van der Waals surface area contributed by atoms with Gasteiger partial charge in [0.15, 0.2) is 0 Å². The van der Waals surface area contributed by atoms with Crippen LogP contribution in [0.5, 0.6) is 0 Å². The summed E-state index contributed by atoms with van der Waals surface area (Å²) in [6.07, 6.45) is 0.444. The highest BCUT2D eigenvalue weighted by atomic mass is 35.5. The quantitative estimate of drug-likeness (QED) is 0.754. The summed E-state index contributed by atoms with van der Waals surface area (Å²) in [5.74, 6) is -0.953. The molecule has 0 saturated heterocycles. The molecule has 0 spiro atoms. The van der Waals surface area contributed by atoms with E-state index >= 15 is 0 Å². The fourth-order valence-electron chi connectivity index (χ4n) is 1.40. The number of rotatable bonds is 6. The molecule has 1 rings (SSSR count). The van der Waals surface area contributed by atoms with Gasteiger partial charge < -0.3 is 15.7 Å². The molecule has 1 aromatic rings. The Kier molecular flexibility index (Phi) is 6.45.